The van der Waals surface area contributed by atoms with E-state index in [9.17, 15) is 9.59 Å². The van der Waals surface area contributed by atoms with Gasteiger partial charge in [0.1, 0.15) is 0 Å². The molecule has 5 heteroatoms. The number of amides is 2. The van der Waals surface area contributed by atoms with E-state index < -0.39 is 5.97 Å². The number of aryl methyl sites for hydroxylation is 1. The summed E-state index contributed by atoms with van der Waals surface area (Å²) in [5, 5.41) is 14.1. The van der Waals surface area contributed by atoms with Crippen LogP contribution in [0, 0.1) is 13.8 Å². The molecule has 1 atom stereocenters. The van der Waals surface area contributed by atoms with Crippen LogP contribution >= 0.6 is 0 Å². The fourth-order valence-corrected chi connectivity index (χ4v) is 1.68. The fraction of sp³-hybridized carbons (Fsp3) is 0.429. The lowest BCUT2D eigenvalue weighted by molar-refractivity contribution is -0.137. The van der Waals surface area contributed by atoms with Crippen LogP contribution < -0.4 is 10.6 Å². The lowest BCUT2D eigenvalue weighted by atomic mass is 10.1. The zero-order chi connectivity index (χ0) is 14.4. The van der Waals surface area contributed by atoms with Crippen LogP contribution in [0.3, 0.4) is 0 Å². The maximum absolute atomic E-state index is 11.8. The molecule has 1 aromatic rings. The highest BCUT2D eigenvalue weighted by Gasteiger charge is 2.10. The van der Waals surface area contributed by atoms with Gasteiger partial charge >= 0.3 is 12.0 Å². The van der Waals surface area contributed by atoms with E-state index in [1.165, 1.54) is 0 Å². The number of urea groups is 1. The average molecular weight is 264 g/mol. The van der Waals surface area contributed by atoms with Crippen molar-refractivity contribution in [2.75, 3.05) is 5.32 Å². The number of carbonyl (C=O) groups excluding carboxylic acids is 1. The van der Waals surface area contributed by atoms with Gasteiger partial charge in [-0.05, 0) is 44.4 Å². The summed E-state index contributed by atoms with van der Waals surface area (Å²) in [5.41, 5.74) is 2.90. The fourth-order valence-electron chi connectivity index (χ4n) is 1.68. The highest BCUT2D eigenvalue weighted by molar-refractivity contribution is 5.90. The van der Waals surface area contributed by atoms with E-state index in [1.807, 2.05) is 32.0 Å². The van der Waals surface area contributed by atoms with E-state index in [0.717, 1.165) is 16.8 Å². The highest BCUT2D eigenvalue weighted by atomic mass is 16.4. The Hall–Kier alpha value is -2.04. The molecule has 5 nitrogen and oxygen atoms in total. The van der Waals surface area contributed by atoms with Crippen LogP contribution in [0.4, 0.5) is 10.5 Å². The Balaban J connectivity index is 2.51. The lowest BCUT2D eigenvalue weighted by Gasteiger charge is -2.15. The van der Waals surface area contributed by atoms with Gasteiger partial charge in [-0.15, -0.1) is 0 Å². The molecule has 0 heterocycles. The molecule has 2 amide bonds. The van der Waals surface area contributed by atoms with Crippen molar-refractivity contribution in [3.63, 3.8) is 0 Å². The lowest BCUT2D eigenvalue weighted by Crippen LogP contribution is -2.36. The van der Waals surface area contributed by atoms with Crippen molar-refractivity contribution in [2.24, 2.45) is 0 Å². The molecule has 0 bridgehead atoms. The first-order valence-electron chi connectivity index (χ1n) is 6.25. The SMILES string of the molecule is Cc1cccc(NC(=O)NC(C)CCC(=O)O)c1C. The van der Waals surface area contributed by atoms with Crippen LogP contribution in [0.15, 0.2) is 18.2 Å². The summed E-state index contributed by atoms with van der Waals surface area (Å²) in [6.07, 6.45) is 0.459. The van der Waals surface area contributed by atoms with Gasteiger partial charge in [0.15, 0.2) is 0 Å². The maximum Gasteiger partial charge on any atom is 0.319 e. The molecule has 0 aliphatic carbocycles. The second kappa shape index (κ2) is 6.78. The molecule has 0 aromatic heterocycles. The number of anilines is 1. The van der Waals surface area contributed by atoms with Crippen molar-refractivity contribution in [3.05, 3.63) is 29.3 Å². The Morgan fingerprint density at radius 2 is 2.00 bits per heavy atom. The van der Waals surface area contributed by atoms with Gasteiger partial charge in [0.25, 0.3) is 0 Å². The predicted molar refractivity (Wildman–Crippen MR) is 74.4 cm³/mol. The quantitative estimate of drug-likeness (QED) is 0.765. The smallest absolute Gasteiger partial charge is 0.319 e. The molecule has 1 aromatic carbocycles. The largest absolute Gasteiger partial charge is 0.481 e. The molecular formula is C14H20N2O3. The second-order valence-corrected chi connectivity index (χ2v) is 4.68. The summed E-state index contributed by atoms with van der Waals surface area (Å²) >= 11 is 0. The van der Waals surface area contributed by atoms with Gasteiger partial charge in [-0.1, -0.05) is 12.1 Å². The summed E-state index contributed by atoms with van der Waals surface area (Å²) in [7, 11) is 0. The minimum absolute atomic E-state index is 0.0465. The van der Waals surface area contributed by atoms with E-state index in [2.05, 4.69) is 10.6 Å². The summed E-state index contributed by atoms with van der Waals surface area (Å²) in [5.74, 6) is -0.858. The number of carboxylic acids is 1. The molecule has 104 valence electrons. The number of hydrogen-bond donors (Lipinski definition) is 3. The molecule has 0 aliphatic rings. The third kappa shape index (κ3) is 4.99. The summed E-state index contributed by atoms with van der Waals surface area (Å²) in [6.45, 7) is 5.71. The molecule has 0 saturated heterocycles. The maximum atomic E-state index is 11.8. The van der Waals surface area contributed by atoms with Gasteiger partial charge in [0.05, 0.1) is 0 Å². The first kappa shape index (κ1) is 15.0. The molecule has 0 spiro atoms. The summed E-state index contributed by atoms with van der Waals surface area (Å²) in [6, 6.07) is 5.21. The molecule has 19 heavy (non-hydrogen) atoms. The Kier molecular flexibility index (Phi) is 5.36. The number of carboxylic acid groups (broad SMARTS) is 1. The first-order chi connectivity index (χ1) is 8.90. The van der Waals surface area contributed by atoms with Crippen LogP contribution in [-0.4, -0.2) is 23.1 Å². The third-order valence-corrected chi connectivity index (χ3v) is 3.02. The van der Waals surface area contributed by atoms with Gasteiger partial charge in [-0.25, -0.2) is 4.79 Å². The normalized spacial score (nSPS) is 11.7. The Bertz CT molecular complexity index is 472. The number of benzene rings is 1. The molecule has 1 unspecified atom stereocenters. The number of aliphatic carboxylic acids is 1. The van der Waals surface area contributed by atoms with Crippen molar-refractivity contribution in [1.29, 1.82) is 0 Å². The van der Waals surface area contributed by atoms with Gasteiger partial charge in [-0.2, -0.15) is 0 Å². The Labute approximate surface area is 113 Å². The Morgan fingerprint density at radius 1 is 1.32 bits per heavy atom. The van der Waals surface area contributed by atoms with Crippen molar-refractivity contribution in [1.82, 2.24) is 5.32 Å². The van der Waals surface area contributed by atoms with Gasteiger partial charge < -0.3 is 15.7 Å². The second-order valence-electron chi connectivity index (χ2n) is 4.68. The molecule has 0 aliphatic heterocycles. The highest BCUT2D eigenvalue weighted by Crippen LogP contribution is 2.17. The van der Waals surface area contributed by atoms with Gasteiger partial charge in [0.2, 0.25) is 0 Å². The standard InChI is InChI=1S/C14H20N2O3/c1-9-5-4-6-12(11(9)3)16-14(19)15-10(2)7-8-13(17)18/h4-6,10H,7-8H2,1-3H3,(H,17,18)(H2,15,16,19). The Morgan fingerprint density at radius 3 is 2.63 bits per heavy atom. The molecule has 1 rings (SSSR count). The minimum atomic E-state index is -0.858. The van der Waals surface area contributed by atoms with Gasteiger partial charge in [-0.3, -0.25) is 4.79 Å². The van der Waals surface area contributed by atoms with Crippen molar-refractivity contribution in [2.45, 2.75) is 39.7 Å². The monoisotopic (exact) mass is 264 g/mol. The zero-order valence-electron chi connectivity index (χ0n) is 11.5. The molecule has 0 fully saturated rings. The predicted octanol–water partition coefficient (Wildman–Crippen LogP) is 2.68. The summed E-state index contributed by atoms with van der Waals surface area (Å²) < 4.78 is 0. The van der Waals surface area contributed by atoms with Crippen LogP contribution in [0.25, 0.3) is 0 Å². The average Bonchev–Trinajstić information content (AvgIpc) is 2.32. The van der Waals surface area contributed by atoms with Crippen LogP contribution in [-0.2, 0) is 4.79 Å². The molecule has 0 radical (unpaired) electrons. The van der Waals surface area contributed by atoms with E-state index in [4.69, 9.17) is 5.11 Å². The van der Waals surface area contributed by atoms with E-state index in [-0.39, 0.29) is 18.5 Å². The minimum Gasteiger partial charge on any atom is -0.481 e. The number of carbonyl (C=O) groups is 2. The van der Waals surface area contributed by atoms with Crippen LogP contribution in [0.1, 0.15) is 30.9 Å². The number of rotatable bonds is 5. The molecular weight excluding hydrogens is 244 g/mol. The molecule has 3 N–H and O–H groups in total. The third-order valence-electron chi connectivity index (χ3n) is 3.02. The van der Waals surface area contributed by atoms with E-state index in [0.29, 0.717) is 6.42 Å². The molecule has 0 saturated carbocycles. The summed E-state index contributed by atoms with van der Waals surface area (Å²) in [4.78, 5) is 22.2. The van der Waals surface area contributed by atoms with Crippen molar-refractivity contribution < 1.29 is 14.7 Å². The number of nitrogens with one attached hydrogen (secondary N) is 2. The van der Waals surface area contributed by atoms with Gasteiger partial charge in [0, 0.05) is 18.2 Å². The van der Waals surface area contributed by atoms with Crippen molar-refractivity contribution >= 4 is 17.7 Å². The van der Waals surface area contributed by atoms with E-state index in [1.54, 1.807) is 6.92 Å². The topological polar surface area (TPSA) is 78.4 Å². The van der Waals surface area contributed by atoms with E-state index >= 15 is 0 Å². The van der Waals surface area contributed by atoms with Crippen LogP contribution in [0.5, 0.6) is 0 Å². The number of hydrogen-bond acceptors (Lipinski definition) is 2. The van der Waals surface area contributed by atoms with Crippen molar-refractivity contribution in [3.8, 4) is 0 Å². The van der Waals surface area contributed by atoms with Crippen LogP contribution in [0.2, 0.25) is 0 Å². The first-order valence-corrected chi connectivity index (χ1v) is 6.25. The zero-order valence-corrected chi connectivity index (χ0v) is 11.5.